The first-order valence-corrected chi connectivity index (χ1v) is 11.7. The van der Waals surface area contributed by atoms with Crippen LogP contribution in [0.2, 0.25) is 0 Å². The average Bonchev–Trinajstić information content (AvgIpc) is 2.92. The van der Waals surface area contributed by atoms with Gasteiger partial charge in [0.2, 0.25) is 0 Å². The van der Waals surface area contributed by atoms with Gasteiger partial charge in [-0.05, 0) is 13.0 Å². The Balaban J connectivity index is 1.62. The van der Waals surface area contributed by atoms with Crippen LogP contribution in [-0.4, -0.2) is 49.8 Å². The number of hydrogen-bond acceptors (Lipinski definition) is 5. The molecule has 0 aromatic heterocycles. The summed E-state index contributed by atoms with van der Waals surface area (Å²) >= 11 is 0. The molecular formula is C29H31NO4. The Morgan fingerprint density at radius 3 is 1.74 bits per heavy atom. The van der Waals surface area contributed by atoms with Crippen LogP contribution in [0, 0.1) is 0 Å². The second kappa shape index (κ2) is 11.7. The molecule has 2 atom stereocenters. The molecule has 0 amide bonds. The summed E-state index contributed by atoms with van der Waals surface area (Å²) in [4.78, 5) is 13.7. The number of morpholine rings is 1. The molecule has 0 spiro atoms. The summed E-state index contributed by atoms with van der Waals surface area (Å²) in [6, 6.07) is 30.6. The Bertz CT molecular complexity index is 937. The lowest BCUT2D eigenvalue weighted by Crippen LogP contribution is -2.46. The highest BCUT2D eigenvalue weighted by molar-refractivity contribution is 5.55. The number of carbonyl (C=O) groups is 1. The highest BCUT2D eigenvalue weighted by Crippen LogP contribution is 2.40. The van der Waals surface area contributed by atoms with Gasteiger partial charge >= 0.3 is 0 Å². The molecule has 1 fully saturated rings. The summed E-state index contributed by atoms with van der Waals surface area (Å²) < 4.78 is 18.0. The lowest BCUT2D eigenvalue weighted by molar-refractivity contribution is -0.142. The molecule has 1 aliphatic rings. The first kappa shape index (κ1) is 23.9. The summed E-state index contributed by atoms with van der Waals surface area (Å²) in [5.74, 6) is 0. The van der Waals surface area contributed by atoms with Crippen molar-refractivity contribution in [1.82, 2.24) is 4.90 Å². The van der Waals surface area contributed by atoms with Crippen molar-refractivity contribution in [1.29, 1.82) is 0 Å². The van der Waals surface area contributed by atoms with Crippen LogP contribution in [0.1, 0.15) is 23.6 Å². The van der Waals surface area contributed by atoms with Gasteiger partial charge in [-0.15, -0.1) is 0 Å². The first-order chi connectivity index (χ1) is 16.7. The molecule has 34 heavy (non-hydrogen) atoms. The second-order valence-corrected chi connectivity index (χ2v) is 8.24. The third kappa shape index (κ3) is 5.45. The minimum atomic E-state index is -0.839. The summed E-state index contributed by atoms with van der Waals surface area (Å²) in [6.07, 6.45) is 3.46. The minimum Gasteiger partial charge on any atom is -0.481 e. The van der Waals surface area contributed by atoms with Crippen molar-refractivity contribution < 1.29 is 19.0 Å². The summed E-state index contributed by atoms with van der Waals surface area (Å²) in [7, 11) is 0. The van der Waals surface area contributed by atoms with Crippen LogP contribution >= 0.6 is 0 Å². The van der Waals surface area contributed by atoms with Crippen LogP contribution in [0.3, 0.4) is 0 Å². The standard InChI is InChI=1S/C29H31NO4/c1-24(34-28(23-31)30-18-21-32-22-19-30)17-20-33-29(25-11-5-2-6-12-25,26-13-7-3-8-14-26)27-15-9-4-10-16-27/h2-17,20,23-24,28H,18-19,21-22H2,1H3. The topological polar surface area (TPSA) is 48.0 Å². The van der Waals surface area contributed by atoms with E-state index in [1.165, 1.54) is 0 Å². The maximum absolute atomic E-state index is 11.7. The number of aldehydes is 1. The van der Waals surface area contributed by atoms with Gasteiger partial charge in [0.1, 0.15) is 0 Å². The highest BCUT2D eigenvalue weighted by Gasteiger charge is 2.37. The maximum Gasteiger partial charge on any atom is 0.183 e. The lowest BCUT2D eigenvalue weighted by Gasteiger charge is -2.35. The molecule has 3 aromatic carbocycles. The van der Waals surface area contributed by atoms with Crippen LogP contribution in [-0.2, 0) is 24.6 Å². The van der Waals surface area contributed by atoms with Gasteiger partial charge in [-0.1, -0.05) is 91.0 Å². The van der Waals surface area contributed by atoms with E-state index in [4.69, 9.17) is 14.2 Å². The molecule has 1 saturated heterocycles. The van der Waals surface area contributed by atoms with Gasteiger partial charge in [-0.25, -0.2) is 0 Å². The molecule has 5 nitrogen and oxygen atoms in total. The number of ether oxygens (including phenoxy) is 3. The monoisotopic (exact) mass is 457 g/mol. The van der Waals surface area contributed by atoms with Crippen LogP contribution in [0.4, 0.5) is 0 Å². The van der Waals surface area contributed by atoms with Gasteiger partial charge in [0.25, 0.3) is 0 Å². The lowest BCUT2D eigenvalue weighted by atomic mass is 9.80. The van der Waals surface area contributed by atoms with Gasteiger partial charge in [0.05, 0.1) is 25.6 Å². The quantitative estimate of drug-likeness (QED) is 0.249. The highest BCUT2D eigenvalue weighted by atomic mass is 16.5. The van der Waals surface area contributed by atoms with Crippen LogP contribution in [0.25, 0.3) is 0 Å². The van der Waals surface area contributed by atoms with Crippen LogP contribution in [0.5, 0.6) is 0 Å². The van der Waals surface area contributed by atoms with Crippen molar-refractivity contribution in [2.75, 3.05) is 26.3 Å². The molecule has 0 saturated carbocycles. The summed E-state index contributed by atoms with van der Waals surface area (Å²) in [5, 5.41) is 0. The van der Waals surface area contributed by atoms with Crippen LogP contribution < -0.4 is 0 Å². The van der Waals surface area contributed by atoms with Crippen molar-refractivity contribution in [3.8, 4) is 0 Å². The van der Waals surface area contributed by atoms with Gasteiger partial charge in [-0.2, -0.15) is 0 Å². The normalized spacial score (nSPS) is 16.7. The molecule has 0 aliphatic carbocycles. The Morgan fingerprint density at radius 1 is 0.824 bits per heavy atom. The van der Waals surface area contributed by atoms with Crippen molar-refractivity contribution in [3.63, 3.8) is 0 Å². The fraction of sp³-hybridized carbons (Fsp3) is 0.276. The Hall–Kier alpha value is -3.25. The number of hydrogen-bond donors (Lipinski definition) is 0. The second-order valence-electron chi connectivity index (χ2n) is 8.24. The molecular weight excluding hydrogens is 426 g/mol. The van der Waals surface area contributed by atoms with Gasteiger partial charge < -0.3 is 14.2 Å². The fourth-order valence-electron chi connectivity index (χ4n) is 4.28. The van der Waals surface area contributed by atoms with E-state index in [0.29, 0.717) is 26.3 Å². The Labute approximate surface area is 201 Å². The van der Waals surface area contributed by atoms with Gasteiger partial charge in [0.15, 0.2) is 18.1 Å². The fourth-order valence-corrected chi connectivity index (χ4v) is 4.28. The van der Waals surface area contributed by atoms with E-state index in [-0.39, 0.29) is 6.10 Å². The van der Waals surface area contributed by atoms with E-state index < -0.39 is 11.8 Å². The van der Waals surface area contributed by atoms with E-state index >= 15 is 0 Å². The number of rotatable bonds is 10. The summed E-state index contributed by atoms with van der Waals surface area (Å²) in [6.45, 7) is 4.47. The van der Waals surface area contributed by atoms with Crippen molar-refractivity contribution in [2.45, 2.75) is 24.9 Å². The molecule has 0 bridgehead atoms. The Kier molecular flexibility index (Phi) is 8.26. The molecule has 176 valence electrons. The van der Waals surface area contributed by atoms with E-state index in [1.807, 2.05) is 72.5 Å². The minimum absolute atomic E-state index is 0.321. The van der Waals surface area contributed by atoms with Gasteiger partial charge in [-0.3, -0.25) is 9.69 Å². The first-order valence-electron chi connectivity index (χ1n) is 11.7. The maximum atomic E-state index is 11.7. The molecule has 0 radical (unpaired) electrons. The zero-order chi connectivity index (χ0) is 23.6. The van der Waals surface area contributed by atoms with E-state index in [2.05, 4.69) is 36.4 Å². The predicted molar refractivity (Wildman–Crippen MR) is 132 cm³/mol. The third-order valence-electron chi connectivity index (χ3n) is 6.01. The molecule has 4 rings (SSSR count). The molecule has 5 heteroatoms. The summed E-state index contributed by atoms with van der Waals surface area (Å²) in [5.41, 5.74) is 2.22. The molecule has 1 heterocycles. The molecule has 3 aromatic rings. The molecule has 0 N–H and O–H groups in total. The average molecular weight is 458 g/mol. The molecule has 1 aliphatic heterocycles. The van der Waals surface area contributed by atoms with Crippen molar-refractivity contribution in [3.05, 3.63) is 120 Å². The van der Waals surface area contributed by atoms with E-state index in [9.17, 15) is 4.79 Å². The smallest absolute Gasteiger partial charge is 0.183 e. The van der Waals surface area contributed by atoms with Crippen molar-refractivity contribution >= 4 is 6.29 Å². The molecule has 2 unspecified atom stereocenters. The number of benzene rings is 3. The zero-order valence-corrected chi connectivity index (χ0v) is 19.5. The SMILES string of the molecule is CC(C=COC(c1ccccc1)(c1ccccc1)c1ccccc1)OC(C=O)N1CCOCC1. The Morgan fingerprint density at radius 2 is 1.29 bits per heavy atom. The largest absolute Gasteiger partial charge is 0.481 e. The number of carbonyl (C=O) groups excluding carboxylic acids is 1. The van der Waals surface area contributed by atoms with Crippen LogP contribution in [0.15, 0.2) is 103 Å². The van der Waals surface area contributed by atoms with E-state index in [0.717, 1.165) is 23.0 Å². The van der Waals surface area contributed by atoms with Gasteiger partial charge in [0, 0.05) is 29.8 Å². The number of nitrogens with zero attached hydrogens (tertiary/aromatic N) is 1. The van der Waals surface area contributed by atoms with Crippen molar-refractivity contribution in [2.24, 2.45) is 0 Å². The third-order valence-corrected chi connectivity index (χ3v) is 6.01. The van der Waals surface area contributed by atoms with E-state index in [1.54, 1.807) is 6.26 Å². The predicted octanol–water partition coefficient (Wildman–Crippen LogP) is 4.77. The zero-order valence-electron chi connectivity index (χ0n) is 19.5.